The number of unbranched alkanes of at least 4 members (excludes halogenated alkanes) is 9. The third-order valence-electron chi connectivity index (χ3n) is 4.45. The van der Waals surface area contributed by atoms with Crippen molar-refractivity contribution in [2.24, 2.45) is 5.41 Å². The average molecular weight is 357 g/mol. The molecule has 0 bridgehead atoms. The van der Waals surface area contributed by atoms with Gasteiger partial charge in [0.15, 0.2) is 5.41 Å². The monoisotopic (exact) mass is 356 g/mol. The molecule has 0 aromatic rings. The van der Waals surface area contributed by atoms with Crippen LogP contribution in [0.1, 0.15) is 100 Å². The van der Waals surface area contributed by atoms with Crippen LogP contribution in [0.25, 0.3) is 0 Å². The summed E-state index contributed by atoms with van der Waals surface area (Å²) in [4.78, 5) is 22.7. The Bertz CT molecular complexity index is 314. The molecule has 2 N–H and O–H groups in total. The topological polar surface area (TPSA) is 74.6 Å². The molecular weight excluding hydrogens is 320 g/mol. The molecule has 0 unspecified atom stereocenters. The number of carbonyl (C=O) groups is 2. The van der Waals surface area contributed by atoms with Crippen molar-refractivity contribution in [3.8, 4) is 0 Å². The molecule has 0 heterocycles. The number of hydrogen-bond acceptors (Lipinski definition) is 2. The van der Waals surface area contributed by atoms with Crippen LogP contribution in [0.2, 0.25) is 0 Å². The van der Waals surface area contributed by atoms with Crippen LogP contribution in [-0.2, 0) is 9.59 Å². The summed E-state index contributed by atoms with van der Waals surface area (Å²) in [7, 11) is 0. The van der Waals surface area contributed by atoms with Gasteiger partial charge in [-0.15, -0.1) is 0 Å². The van der Waals surface area contributed by atoms with Gasteiger partial charge in [-0.2, -0.15) is 0 Å². The van der Waals surface area contributed by atoms with Crippen molar-refractivity contribution in [1.29, 1.82) is 0 Å². The largest absolute Gasteiger partial charge is 2.00 e. The van der Waals surface area contributed by atoms with Crippen LogP contribution < -0.4 is 0 Å². The van der Waals surface area contributed by atoms with E-state index in [4.69, 9.17) is 0 Å². The zero-order chi connectivity index (χ0) is 16.8. The van der Waals surface area contributed by atoms with E-state index in [0.717, 1.165) is 12.8 Å². The maximum absolute atomic E-state index is 11.4. The Morgan fingerprint density at radius 2 is 1.09 bits per heavy atom. The summed E-state index contributed by atoms with van der Waals surface area (Å²) in [6.45, 7) is 4.05. The SMILES string of the molecule is CCCCCCCCCCCCC(CCC)(C(=O)O)C(=O)O.[Ca+2].[H-].[H-]. The van der Waals surface area contributed by atoms with E-state index >= 15 is 0 Å². The summed E-state index contributed by atoms with van der Waals surface area (Å²) in [5.74, 6) is -2.37. The molecule has 0 spiro atoms. The van der Waals surface area contributed by atoms with Crippen LogP contribution in [0.4, 0.5) is 0 Å². The summed E-state index contributed by atoms with van der Waals surface area (Å²) >= 11 is 0. The molecule has 0 saturated carbocycles. The minimum Gasteiger partial charge on any atom is -1.00 e. The van der Waals surface area contributed by atoms with Crippen molar-refractivity contribution < 1.29 is 22.7 Å². The molecule has 134 valence electrons. The summed E-state index contributed by atoms with van der Waals surface area (Å²) in [6, 6.07) is 0. The Labute approximate surface area is 174 Å². The molecule has 0 fully saturated rings. The summed E-state index contributed by atoms with van der Waals surface area (Å²) in [5.41, 5.74) is -1.57. The van der Waals surface area contributed by atoms with Gasteiger partial charge < -0.3 is 13.1 Å². The van der Waals surface area contributed by atoms with Gasteiger partial charge in [0.1, 0.15) is 0 Å². The molecule has 23 heavy (non-hydrogen) atoms. The minimum absolute atomic E-state index is 0. The molecule has 0 aliphatic carbocycles. The van der Waals surface area contributed by atoms with Crippen molar-refractivity contribution in [1.82, 2.24) is 0 Å². The molecule has 0 amide bonds. The van der Waals surface area contributed by atoms with E-state index in [1.165, 1.54) is 44.9 Å². The van der Waals surface area contributed by atoms with Crippen molar-refractivity contribution in [2.75, 3.05) is 0 Å². The van der Waals surface area contributed by atoms with Crippen LogP contribution >= 0.6 is 0 Å². The Morgan fingerprint density at radius 3 is 1.43 bits per heavy atom. The molecule has 0 aliphatic rings. The fourth-order valence-corrected chi connectivity index (χ4v) is 2.99. The van der Waals surface area contributed by atoms with E-state index in [1.54, 1.807) is 0 Å². The van der Waals surface area contributed by atoms with E-state index in [0.29, 0.717) is 12.8 Å². The molecule has 0 aliphatic heterocycles. The molecule has 0 radical (unpaired) electrons. The predicted octanol–water partition coefficient (Wildman–Crippen LogP) is 5.10. The molecule has 0 saturated heterocycles. The summed E-state index contributed by atoms with van der Waals surface area (Å²) in [6.07, 6.45) is 12.7. The quantitative estimate of drug-likeness (QED) is 0.243. The van der Waals surface area contributed by atoms with E-state index in [-0.39, 0.29) is 53.4 Å². The zero-order valence-corrected chi connectivity index (χ0v) is 17.3. The maximum atomic E-state index is 11.4. The molecule has 0 aromatic heterocycles. The van der Waals surface area contributed by atoms with E-state index < -0.39 is 17.4 Å². The Hall–Kier alpha value is 0.200. The number of hydrogen-bond donors (Lipinski definition) is 2. The van der Waals surface area contributed by atoms with Crippen LogP contribution in [0.15, 0.2) is 0 Å². The number of carboxylic acid groups (broad SMARTS) is 2. The van der Waals surface area contributed by atoms with Gasteiger partial charge >= 0.3 is 49.7 Å². The first-order valence-electron chi connectivity index (χ1n) is 8.98. The van der Waals surface area contributed by atoms with Crippen molar-refractivity contribution in [2.45, 2.75) is 97.3 Å². The van der Waals surface area contributed by atoms with E-state index in [9.17, 15) is 19.8 Å². The number of carboxylic acids is 2. The second-order valence-corrected chi connectivity index (χ2v) is 6.37. The van der Waals surface area contributed by atoms with Gasteiger partial charge in [0.05, 0.1) is 0 Å². The Morgan fingerprint density at radius 1 is 0.696 bits per heavy atom. The maximum Gasteiger partial charge on any atom is 2.00 e. The van der Waals surface area contributed by atoms with Gasteiger partial charge in [-0.25, -0.2) is 0 Å². The Balaban J connectivity index is -0.000000735. The summed E-state index contributed by atoms with van der Waals surface area (Å²) < 4.78 is 0. The predicted molar refractivity (Wildman–Crippen MR) is 97.1 cm³/mol. The third kappa shape index (κ3) is 10.6. The standard InChI is InChI=1S/C18H34O4.Ca.2H/c1-3-5-6-7-8-9-10-11-12-13-15-18(14-4-2,16(19)20)17(21)22;;;/h3-15H2,1-2H3,(H,19,20)(H,21,22);;;/q;+2;2*-1. The van der Waals surface area contributed by atoms with Gasteiger partial charge in [-0.3, -0.25) is 9.59 Å². The van der Waals surface area contributed by atoms with Gasteiger partial charge in [-0.1, -0.05) is 84.5 Å². The van der Waals surface area contributed by atoms with Gasteiger partial charge in [0, 0.05) is 0 Å². The first kappa shape index (κ1) is 25.4. The fraction of sp³-hybridized carbons (Fsp3) is 0.889. The summed E-state index contributed by atoms with van der Waals surface area (Å²) in [5, 5.41) is 18.6. The number of aliphatic carboxylic acids is 2. The Kier molecular flexibility index (Phi) is 17.4. The van der Waals surface area contributed by atoms with E-state index in [1.807, 2.05) is 6.92 Å². The van der Waals surface area contributed by atoms with Crippen LogP contribution in [0.3, 0.4) is 0 Å². The van der Waals surface area contributed by atoms with Crippen LogP contribution in [0, 0.1) is 5.41 Å². The fourth-order valence-electron chi connectivity index (χ4n) is 2.99. The van der Waals surface area contributed by atoms with Gasteiger partial charge in [0.2, 0.25) is 0 Å². The van der Waals surface area contributed by atoms with Crippen molar-refractivity contribution in [3.05, 3.63) is 0 Å². The van der Waals surface area contributed by atoms with Gasteiger partial charge in [0.25, 0.3) is 0 Å². The average Bonchev–Trinajstić information content (AvgIpc) is 2.47. The van der Waals surface area contributed by atoms with E-state index in [2.05, 4.69) is 6.92 Å². The molecule has 0 rings (SSSR count). The van der Waals surface area contributed by atoms with Gasteiger partial charge in [-0.05, 0) is 12.8 Å². The van der Waals surface area contributed by atoms with Crippen LogP contribution in [0.5, 0.6) is 0 Å². The minimum atomic E-state index is -1.57. The second kappa shape index (κ2) is 15.7. The first-order valence-corrected chi connectivity index (χ1v) is 8.98. The first-order chi connectivity index (χ1) is 10.5. The molecule has 0 aromatic carbocycles. The molecule has 4 nitrogen and oxygen atoms in total. The normalized spacial score (nSPS) is 11.0. The molecule has 5 heteroatoms. The smallest absolute Gasteiger partial charge is 1.00 e. The molecular formula is C18H36CaO4. The van der Waals surface area contributed by atoms with Crippen molar-refractivity contribution >= 4 is 49.7 Å². The zero-order valence-electron chi connectivity index (χ0n) is 17.1. The third-order valence-corrected chi connectivity index (χ3v) is 4.45. The molecule has 0 atom stereocenters. The second-order valence-electron chi connectivity index (χ2n) is 6.37. The number of rotatable bonds is 15. The van der Waals surface area contributed by atoms with Crippen LogP contribution in [-0.4, -0.2) is 59.9 Å². The van der Waals surface area contributed by atoms with Crippen molar-refractivity contribution in [3.63, 3.8) is 0 Å².